The van der Waals surface area contributed by atoms with Gasteiger partial charge >= 0.3 is 0 Å². The Morgan fingerprint density at radius 2 is 1.82 bits per heavy atom. The third kappa shape index (κ3) is 7.93. The van der Waals surface area contributed by atoms with Crippen LogP contribution in [0.1, 0.15) is 52.4 Å². The maximum atomic E-state index is 5.39. The summed E-state index contributed by atoms with van der Waals surface area (Å²) in [5.41, 5.74) is 5.39. The molecule has 0 aromatic carbocycles. The van der Waals surface area contributed by atoms with Gasteiger partial charge in [-0.25, -0.2) is 0 Å². The standard InChI is InChI=1S/C9H21BN/c1-3-4-5-6-7-8-9(2)10-11/h9H,3-8,11H2,1-2H3. The van der Waals surface area contributed by atoms with E-state index in [1.165, 1.54) is 38.5 Å². The van der Waals surface area contributed by atoms with Crippen molar-refractivity contribution >= 4 is 7.41 Å². The van der Waals surface area contributed by atoms with Gasteiger partial charge < -0.3 is 5.64 Å². The summed E-state index contributed by atoms with van der Waals surface area (Å²) in [7, 11) is 1.81. The molecule has 0 aliphatic rings. The fraction of sp³-hybridized carbons (Fsp3) is 1.00. The molecular weight excluding hydrogens is 133 g/mol. The van der Waals surface area contributed by atoms with Crippen LogP contribution in [0, 0.1) is 0 Å². The fourth-order valence-corrected chi connectivity index (χ4v) is 1.17. The van der Waals surface area contributed by atoms with Crippen molar-refractivity contribution in [3.63, 3.8) is 0 Å². The lowest BCUT2D eigenvalue weighted by Crippen LogP contribution is -2.10. The van der Waals surface area contributed by atoms with Gasteiger partial charge in [-0.2, -0.15) is 0 Å². The fourth-order valence-electron chi connectivity index (χ4n) is 1.17. The van der Waals surface area contributed by atoms with Gasteiger partial charge in [-0.3, -0.25) is 0 Å². The van der Waals surface area contributed by atoms with Crippen molar-refractivity contribution in [1.29, 1.82) is 0 Å². The topological polar surface area (TPSA) is 26.0 Å². The quantitative estimate of drug-likeness (QED) is 0.442. The second kappa shape index (κ2) is 8.12. The Balaban J connectivity index is 2.89. The predicted molar refractivity (Wildman–Crippen MR) is 52.7 cm³/mol. The molecule has 0 bridgehead atoms. The first kappa shape index (κ1) is 11.0. The van der Waals surface area contributed by atoms with Crippen LogP contribution in [0.4, 0.5) is 0 Å². The third-order valence-corrected chi connectivity index (χ3v) is 2.09. The normalized spacial score (nSPS) is 13.0. The minimum absolute atomic E-state index is 0.608. The first-order chi connectivity index (χ1) is 5.31. The number of rotatable bonds is 7. The molecular formula is C9H21BN. The van der Waals surface area contributed by atoms with E-state index >= 15 is 0 Å². The molecule has 2 N–H and O–H groups in total. The van der Waals surface area contributed by atoms with Crippen molar-refractivity contribution < 1.29 is 0 Å². The maximum absolute atomic E-state index is 5.39. The molecule has 0 heterocycles. The van der Waals surface area contributed by atoms with E-state index in [-0.39, 0.29) is 0 Å². The molecule has 0 spiro atoms. The van der Waals surface area contributed by atoms with Crippen molar-refractivity contribution in [2.45, 2.75) is 58.2 Å². The van der Waals surface area contributed by atoms with Crippen LogP contribution in [0.2, 0.25) is 5.82 Å². The Bertz CT molecular complexity index is 76.0. The molecule has 1 radical (unpaired) electrons. The van der Waals surface area contributed by atoms with Crippen molar-refractivity contribution in [2.24, 2.45) is 5.64 Å². The third-order valence-electron chi connectivity index (χ3n) is 2.09. The van der Waals surface area contributed by atoms with E-state index in [0.717, 1.165) is 0 Å². The summed E-state index contributed by atoms with van der Waals surface area (Å²) in [6.45, 7) is 4.43. The number of hydrogen-bond donors (Lipinski definition) is 1. The van der Waals surface area contributed by atoms with E-state index in [9.17, 15) is 0 Å². The van der Waals surface area contributed by atoms with Crippen LogP contribution in [0.5, 0.6) is 0 Å². The van der Waals surface area contributed by atoms with E-state index in [1.807, 2.05) is 0 Å². The average molecular weight is 154 g/mol. The molecule has 0 aliphatic heterocycles. The number of hydrogen-bond acceptors (Lipinski definition) is 1. The lowest BCUT2D eigenvalue weighted by Gasteiger charge is -2.05. The Morgan fingerprint density at radius 3 is 2.36 bits per heavy atom. The summed E-state index contributed by atoms with van der Waals surface area (Å²) >= 11 is 0. The number of nitrogens with two attached hydrogens (primary N) is 1. The van der Waals surface area contributed by atoms with E-state index in [0.29, 0.717) is 5.82 Å². The van der Waals surface area contributed by atoms with E-state index in [1.54, 1.807) is 7.41 Å². The van der Waals surface area contributed by atoms with Gasteiger partial charge in [0.2, 0.25) is 7.41 Å². The lowest BCUT2D eigenvalue weighted by atomic mass is 9.75. The van der Waals surface area contributed by atoms with Crippen LogP contribution in [-0.2, 0) is 0 Å². The van der Waals surface area contributed by atoms with Gasteiger partial charge in [0.1, 0.15) is 0 Å². The minimum Gasteiger partial charge on any atom is -0.374 e. The summed E-state index contributed by atoms with van der Waals surface area (Å²) < 4.78 is 0. The SMILES string of the molecule is CCCCCCCC(C)[B]N. The molecule has 65 valence electrons. The Kier molecular flexibility index (Phi) is 8.14. The van der Waals surface area contributed by atoms with E-state index in [2.05, 4.69) is 13.8 Å². The Hall–Kier alpha value is 0.0249. The minimum atomic E-state index is 0.608. The van der Waals surface area contributed by atoms with Crippen LogP contribution in [-0.4, -0.2) is 7.41 Å². The zero-order valence-corrected chi connectivity index (χ0v) is 7.97. The van der Waals surface area contributed by atoms with Gasteiger partial charge in [-0.05, 0) is 0 Å². The lowest BCUT2D eigenvalue weighted by molar-refractivity contribution is 0.600. The zero-order chi connectivity index (χ0) is 8.53. The molecule has 0 saturated carbocycles. The molecule has 1 unspecified atom stereocenters. The monoisotopic (exact) mass is 154 g/mol. The molecule has 11 heavy (non-hydrogen) atoms. The summed E-state index contributed by atoms with van der Waals surface area (Å²) in [6.07, 6.45) is 8.11. The zero-order valence-electron chi connectivity index (χ0n) is 7.97. The largest absolute Gasteiger partial charge is 0.374 e. The molecule has 0 amide bonds. The molecule has 0 fully saturated rings. The van der Waals surface area contributed by atoms with Crippen LogP contribution >= 0.6 is 0 Å². The maximum Gasteiger partial charge on any atom is 0.205 e. The first-order valence-electron chi connectivity index (χ1n) is 4.86. The summed E-state index contributed by atoms with van der Waals surface area (Å²) in [4.78, 5) is 0. The highest BCUT2D eigenvalue weighted by Gasteiger charge is 1.99. The molecule has 0 saturated heterocycles. The van der Waals surface area contributed by atoms with Gasteiger partial charge in [0, 0.05) is 0 Å². The molecule has 0 aliphatic carbocycles. The highest BCUT2D eigenvalue weighted by Crippen LogP contribution is 2.12. The Morgan fingerprint density at radius 1 is 1.18 bits per heavy atom. The summed E-state index contributed by atoms with van der Waals surface area (Å²) in [5, 5.41) is 0. The number of unbranched alkanes of at least 4 members (excludes halogenated alkanes) is 4. The van der Waals surface area contributed by atoms with Crippen molar-refractivity contribution in [2.75, 3.05) is 0 Å². The van der Waals surface area contributed by atoms with Crippen LogP contribution in [0.25, 0.3) is 0 Å². The molecule has 0 aromatic rings. The summed E-state index contributed by atoms with van der Waals surface area (Å²) in [5.74, 6) is 0.608. The second-order valence-corrected chi connectivity index (χ2v) is 3.37. The molecule has 2 heteroatoms. The Labute approximate surface area is 72.0 Å². The highest BCUT2D eigenvalue weighted by atomic mass is 14.4. The van der Waals surface area contributed by atoms with Gasteiger partial charge in [0.05, 0.1) is 0 Å². The predicted octanol–water partition coefficient (Wildman–Crippen LogP) is 2.73. The van der Waals surface area contributed by atoms with Gasteiger partial charge in [-0.15, -0.1) is 0 Å². The van der Waals surface area contributed by atoms with Crippen molar-refractivity contribution in [3.8, 4) is 0 Å². The van der Waals surface area contributed by atoms with Crippen LogP contribution in [0.15, 0.2) is 0 Å². The second-order valence-electron chi connectivity index (χ2n) is 3.37. The molecule has 1 atom stereocenters. The summed E-state index contributed by atoms with van der Waals surface area (Å²) in [6, 6.07) is 0. The molecule has 0 rings (SSSR count). The first-order valence-corrected chi connectivity index (χ1v) is 4.86. The smallest absolute Gasteiger partial charge is 0.205 e. The van der Waals surface area contributed by atoms with Gasteiger partial charge in [-0.1, -0.05) is 58.2 Å². The van der Waals surface area contributed by atoms with Crippen molar-refractivity contribution in [1.82, 2.24) is 0 Å². The van der Waals surface area contributed by atoms with E-state index in [4.69, 9.17) is 5.64 Å². The van der Waals surface area contributed by atoms with Crippen LogP contribution < -0.4 is 5.64 Å². The molecule has 0 aromatic heterocycles. The van der Waals surface area contributed by atoms with Gasteiger partial charge in [0.15, 0.2) is 0 Å². The highest BCUT2D eigenvalue weighted by molar-refractivity contribution is 6.32. The van der Waals surface area contributed by atoms with Crippen LogP contribution in [0.3, 0.4) is 0 Å². The van der Waals surface area contributed by atoms with E-state index < -0.39 is 0 Å². The van der Waals surface area contributed by atoms with Crippen molar-refractivity contribution in [3.05, 3.63) is 0 Å². The van der Waals surface area contributed by atoms with Gasteiger partial charge in [0.25, 0.3) is 0 Å². The molecule has 1 nitrogen and oxygen atoms in total. The average Bonchev–Trinajstić information content (AvgIpc) is 2.04.